The van der Waals surface area contributed by atoms with Crippen LogP contribution in [0.2, 0.25) is 0 Å². The van der Waals surface area contributed by atoms with Gasteiger partial charge in [-0.2, -0.15) is 0 Å². The lowest BCUT2D eigenvalue weighted by Crippen LogP contribution is -2.50. The molecule has 1 N–H and O–H groups in total. The number of carbonyl (C=O) groups excluding carboxylic acids is 1. The van der Waals surface area contributed by atoms with Crippen molar-refractivity contribution in [3.05, 3.63) is 65.1 Å². The van der Waals surface area contributed by atoms with Gasteiger partial charge in [-0.15, -0.1) is 0 Å². The second kappa shape index (κ2) is 10.7. The normalized spacial score (nSPS) is 16.8. The van der Waals surface area contributed by atoms with Crippen LogP contribution in [-0.4, -0.2) is 90.7 Å². The predicted molar refractivity (Wildman–Crippen MR) is 149 cm³/mol. The molecule has 0 atom stereocenters. The molecule has 3 aromatic rings. The van der Waals surface area contributed by atoms with E-state index in [-0.39, 0.29) is 41.5 Å². The van der Waals surface area contributed by atoms with E-state index in [0.29, 0.717) is 29.2 Å². The van der Waals surface area contributed by atoms with Crippen molar-refractivity contribution in [2.45, 2.75) is 33.0 Å². The maximum atomic E-state index is 13.6. The van der Waals surface area contributed by atoms with E-state index in [1.54, 1.807) is 24.3 Å². The molecule has 1 aromatic heterocycles. The number of phenols is 1. The van der Waals surface area contributed by atoms with Gasteiger partial charge in [0.2, 0.25) is 10.0 Å². The number of halogens is 1. The van der Waals surface area contributed by atoms with Gasteiger partial charge in [-0.3, -0.25) is 23.9 Å². The molecule has 5 rings (SSSR count). The van der Waals surface area contributed by atoms with Crippen molar-refractivity contribution >= 4 is 32.5 Å². The van der Waals surface area contributed by atoms with Crippen LogP contribution < -0.4 is 4.31 Å². The molecular weight excluding hydrogens is 521 g/mol. The third-order valence-electron chi connectivity index (χ3n) is 7.78. The summed E-state index contributed by atoms with van der Waals surface area (Å²) >= 11 is 0. The summed E-state index contributed by atoms with van der Waals surface area (Å²) in [7, 11) is -2.27. The molecule has 39 heavy (non-hydrogen) atoms. The number of phenolic OH excluding ortho intramolecular Hbond substituents is 1. The third kappa shape index (κ3) is 5.30. The Hall–Kier alpha value is -3.28. The minimum Gasteiger partial charge on any atom is -0.505 e. The largest absolute Gasteiger partial charge is 0.505 e. The molecule has 11 heteroatoms. The quantitative estimate of drug-likeness (QED) is 0.456. The summed E-state index contributed by atoms with van der Waals surface area (Å²) in [6.45, 7) is 8.46. The number of sulfonamides is 1. The maximum Gasteiger partial charge on any atom is 0.258 e. The number of hydrogen-bond donors (Lipinski definition) is 1. The number of anilines is 1. The number of fused-ring (bicyclic) bond motifs is 2. The average Bonchev–Trinajstić information content (AvgIpc) is 3.24. The summed E-state index contributed by atoms with van der Waals surface area (Å²) in [6, 6.07) is 9.71. The summed E-state index contributed by atoms with van der Waals surface area (Å²) in [4.78, 5) is 23.8. The van der Waals surface area contributed by atoms with Crippen molar-refractivity contribution in [2.24, 2.45) is 0 Å². The Labute approximate surface area is 228 Å². The fourth-order valence-electron chi connectivity index (χ4n) is 5.45. The topological polar surface area (TPSA) is 97.3 Å². The van der Waals surface area contributed by atoms with E-state index < -0.39 is 15.9 Å². The van der Waals surface area contributed by atoms with Gasteiger partial charge in [0.05, 0.1) is 17.0 Å². The highest BCUT2D eigenvalue weighted by molar-refractivity contribution is 7.92. The monoisotopic (exact) mass is 555 g/mol. The molecule has 2 aliphatic rings. The number of amides is 1. The molecule has 1 fully saturated rings. The van der Waals surface area contributed by atoms with Crippen LogP contribution in [0.5, 0.6) is 5.75 Å². The second-order valence-electron chi connectivity index (χ2n) is 10.5. The first kappa shape index (κ1) is 27.3. The Kier molecular flexibility index (Phi) is 7.49. The van der Waals surface area contributed by atoms with E-state index in [0.717, 1.165) is 31.7 Å². The number of carbonyl (C=O) groups is 1. The summed E-state index contributed by atoms with van der Waals surface area (Å²) in [5.74, 6) is -1.13. The zero-order chi connectivity index (χ0) is 27.9. The van der Waals surface area contributed by atoms with Crippen LogP contribution in [0.3, 0.4) is 0 Å². The fourth-order valence-corrected chi connectivity index (χ4v) is 6.70. The lowest BCUT2D eigenvalue weighted by Gasteiger charge is -2.37. The first-order valence-corrected chi connectivity index (χ1v) is 14.8. The molecule has 0 radical (unpaired) electrons. The number of aromatic nitrogens is 1. The van der Waals surface area contributed by atoms with Crippen LogP contribution in [0, 0.1) is 5.82 Å². The smallest absolute Gasteiger partial charge is 0.258 e. The van der Waals surface area contributed by atoms with Crippen molar-refractivity contribution in [1.29, 1.82) is 0 Å². The molecule has 0 aliphatic carbocycles. The number of piperazine rings is 1. The first-order valence-electron chi connectivity index (χ1n) is 13.2. The number of aromatic hydroxyl groups is 1. The van der Waals surface area contributed by atoms with Crippen LogP contribution in [0.25, 0.3) is 10.9 Å². The molecular formula is C28H34FN5O4S. The van der Waals surface area contributed by atoms with Gasteiger partial charge in [0.15, 0.2) is 5.75 Å². The van der Waals surface area contributed by atoms with E-state index in [1.165, 1.54) is 34.6 Å². The van der Waals surface area contributed by atoms with Gasteiger partial charge in [0.25, 0.3) is 5.91 Å². The van der Waals surface area contributed by atoms with Gasteiger partial charge in [-0.25, -0.2) is 12.8 Å². The summed E-state index contributed by atoms with van der Waals surface area (Å²) in [6.07, 6.45) is 1.50. The average molecular weight is 556 g/mol. The third-order valence-corrected chi connectivity index (χ3v) is 9.50. The van der Waals surface area contributed by atoms with Gasteiger partial charge in [-0.1, -0.05) is 12.1 Å². The first-order chi connectivity index (χ1) is 18.6. The van der Waals surface area contributed by atoms with Gasteiger partial charge in [0, 0.05) is 76.0 Å². The van der Waals surface area contributed by atoms with E-state index >= 15 is 0 Å². The van der Waals surface area contributed by atoms with Crippen LogP contribution in [-0.2, 0) is 23.1 Å². The minimum atomic E-state index is -3.77. The number of rotatable bonds is 8. The van der Waals surface area contributed by atoms with Crippen molar-refractivity contribution in [3.63, 3.8) is 0 Å². The Morgan fingerprint density at radius 1 is 1.10 bits per heavy atom. The molecule has 0 bridgehead atoms. The maximum absolute atomic E-state index is 13.6. The molecule has 2 aliphatic heterocycles. The molecule has 1 saturated heterocycles. The number of benzene rings is 2. The van der Waals surface area contributed by atoms with Crippen LogP contribution >= 0.6 is 0 Å². The fraction of sp³-hybridized carbons (Fsp3) is 0.429. The van der Waals surface area contributed by atoms with Gasteiger partial charge in [-0.05, 0) is 43.7 Å². The molecule has 0 spiro atoms. The van der Waals surface area contributed by atoms with Crippen molar-refractivity contribution in [3.8, 4) is 5.75 Å². The molecule has 3 heterocycles. The number of pyridine rings is 1. The van der Waals surface area contributed by atoms with E-state index in [9.17, 15) is 22.7 Å². The molecule has 208 valence electrons. The van der Waals surface area contributed by atoms with Gasteiger partial charge in [0.1, 0.15) is 11.3 Å². The Balaban J connectivity index is 1.44. The summed E-state index contributed by atoms with van der Waals surface area (Å²) in [5.41, 5.74) is 1.75. The lowest BCUT2D eigenvalue weighted by molar-refractivity contribution is 0.0764. The van der Waals surface area contributed by atoms with E-state index in [1.807, 2.05) is 0 Å². The zero-order valence-corrected chi connectivity index (χ0v) is 23.3. The minimum absolute atomic E-state index is 0.0603. The summed E-state index contributed by atoms with van der Waals surface area (Å²) in [5, 5.41) is 11.5. The summed E-state index contributed by atoms with van der Waals surface area (Å²) < 4.78 is 41.9. The van der Waals surface area contributed by atoms with Crippen LogP contribution in [0.15, 0.2) is 42.6 Å². The molecule has 0 saturated carbocycles. The van der Waals surface area contributed by atoms with Crippen molar-refractivity contribution < 1.29 is 22.7 Å². The van der Waals surface area contributed by atoms with Crippen LogP contribution in [0.1, 0.15) is 35.3 Å². The Bertz CT molecular complexity index is 1490. The molecule has 0 unspecified atom stereocenters. The highest BCUT2D eigenvalue weighted by atomic mass is 32.2. The highest BCUT2D eigenvalue weighted by Gasteiger charge is 2.37. The SMILES string of the molecule is CC(C)N1CCN(CCS(=O)(=O)N(C)c2c3c(c(O)c4ncccc24)C(=O)N(Cc2ccc(F)cc2)C3)CC1. The Morgan fingerprint density at radius 3 is 2.46 bits per heavy atom. The second-order valence-corrected chi connectivity index (χ2v) is 12.6. The molecule has 2 aromatic carbocycles. The Morgan fingerprint density at radius 2 is 1.79 bits per heavy atom. The number of nitrogens with zero attached hydrogens (tertiary/aromatic N) is 5. The lowest BCUT2D eigenvalue weighted by atomic mass is 10.0. The zero-order valence-electron chi connectivity index (χ0n) is 22.5. The predicted octanol–water partition coefficient (Wildman–Crippen LogP) is 3.03. The van der Waals surface area contributed by atoms with Crippen molar-refractivity contribution in [2.75, 3.05) is 49.8 Å². The number of hydrogen-bond acceptors (Lipinski definition) is 7. The van der Waals surface area contributed by atoms with E-state index in [2.05, 4.69) is 28.6 Å². The standard InChI is InChI=1S/C28H34FN5O4S/c1-19(2)33-13-11-32(12-14-33)15-16-39(37,38)31(3)26-22-5-4-10-30-25(22)27(35)24-23(26)18-34(28(24)36)17-20-6-8-21(29)9-7-20/h4-10,19,35H,11-18H2,1-3H3. The van der Waals surface area contributed by atoms with Crippen LogP contribution in [0.4, 0.5) is 10.1 Å². The van der Waals surface area contributed by atoms with Crippen molar-refractivity contribution in [1.82, 2.24) is 19.7 Å². The van der Waals surface area contributed by atoms with E-state index in [4.69, 9.17) is 0 Å². The molecule has 9 nitrogen and oxygen atoms in total. The highest BCUT2D eigenvalue weighted by Crippen LogP contribution is 2.44. The molecule has 1 amide bonds. The van der Waals surface area contributed by atoms with Gasteiger partial charge >= 0.3 is 0 Å². The van der Waals surface area contributed by atoms with Gasteiger partial charge < -0.3 is 10.0 Å².